The zero-order valence-corrected chi connectivity index (χ0v) is 13.7. The van der Waals surface area contributed by atoms with Gasteiger partial charge in [-0.15, -0.1) is 0 Å². The van der Waals surface area contributed by atoms with Crippen LogP contribution in [0.5, 0.6) is 5.75 Å². The highest BCUT2D eigenvalue weighted by Crippen LogP contribution is 2.21. The third kappa shape index (κ3) is 3.93. The fraction of sp³-hybridized carbons (Fsp3) is 0.190. The molecule has 0 amide bonds. The van der Waals surface area contributed by atoms with Gasteiger partial charge in [0.05, 0.1) is 7.11 Å². The average Bonchev–Trinajstić information content (AvgIpc) is 2.65. The Labute approximate surface area is 141 Å². The summed E-state index contributed by atoms with van der Waals surface area (Å²) < 4.78 is 10.6. The van der Waals surface area contributed by atoms with Crippen LogP contribution in [-0.4, -0.2) is 13.1 Å². The molecule has 0 fully saturated rings. The lowest BCUT2D eigenvalue weighted by Gasteiger charge is -2.10. The lowest BCUT2D eigenvalue weighted by Crippen LogP contribution is -2.02. The number of benzene rings is 3. The van der Waals surface area contributed by atoms with E-state index in [0.29, 0.717) is 19.4 Å². The standard InChI is InChI=1S/C21H20O3/c1-23-21(22)14-11-16-9-12-19(13-10-16)24-15-18-7-4-6-17-5-2-3-8-20(17)18/h2-10,12-13H,11,14-15H2,1H3. The Balaban J connectivity index is 1.63. The van der Waals surface area contributed by atoms with Crippen molar-refractivity contribution in [3.63, 3.8) is 0 Å². The minimum absolute atomic E-state index is 0.189. The molecule has 3 aromatic carbocycles. The van der Waals surface area contributed by atoms with Gasteiger partial charge in [0.15, 0.2) is 0 Å². The van der Waals surface area contributed by atoms with Crippen LogP contribution in [0.4, 0.5) is 0 Å². The quantitative estimate of drug-likeness (QED) is 0.626. The molecule has 0 N–H and O–H groups in total. The molecule has 0 bridgehead atoms. The number of fused-ring (bicyclic) bond motifs is 1. The smallest absolute Gasteiger partial charge is 0.305 e. The van der Waals surface area contributed by atoms with Crippen LogP contribution in [0, 0.1) is 0 Å². The molecule has 0 aliphatic heterocycles. The molecule has 122 valence electrons. The molecule has 3 nitrogen and oxygen atoms in total. The summed E-state index contributed by atoms with van der Waals surface area (Å²) in [7, 11) is 1.41. The van der Waals surface area contributed by atoms with E-state index in [-0.39, 0.29) is 5.97 Å². The van der Waals surface area contributed by atoms with E-state index in [4.69, 9.17) is 4.74 Å². The highest BCUT2D eigenvalue weighted by Gasteiger charge is 2.03. The highest BCUT2D eigenvalue weighted by atomic mass is 16.5. The van der Waals surface area contributed by atoms with Crippen molar-refractivity contribution in [3.05, 3.63) is 77.9 Å². The van der Waals surface area contributed by atoms with Crippen LogP contribution in [0.15, 0.2) is 66.7 Å². The molecule has 0 heterocycles. The lowest BCUT2D eigenvalue weighted by atomic mass is 10.1. The molecule has 0 aromatic heterocycles. The van der Waals surface area contributed by atoms with Crippen molar-refractivity contribution in [2.45, 2.75) is 19.4 Å². The molecule has 0 aliphatic carbocycles. The minimum atomic E-state index is -0.189. The first-order chi connectivity index (χ1) is 11.8. The second kappa shape index (κ2) is 7.64. The van der Waals surface area contributed by atoms with Crippen molar-refractivity contribution in [1.29, 1.82) is 0 Å². The largest absolute Gasteiger partial charge is 0.489 e. The maximum absolute atomic E-state index is 11.2. The molecular formula is C21H20O3. The van der Waals surface area contributed by atoms with Gasteiger partial charge in [-0.05, 0) is 40.5 Å². The second-order valence-electron chi connectivity index (χ2n) is 5.65. The molecular weight excluding hydrogens is 300 g/mol. The maximum Gasteiger partial charge on any atom is 0.305 e. The third-order valence-electron chi connectivity index (χ3n) is 4.04. The van der Waals surface area contributed by atoms with Crippen LogP contribution in [0.25, 0.3) is 10.8 Å². The van der Waals surface area contributed by atoms with E-state index in [9.17, 15) is 4.79 Å². The molecule has 24 heavy (non-hydrogen) atoms. The van der Waals surface area contributed by atoms with E-state index in [1.165, 1.54) is 23.4 Å². The van der Waals surface area contributed by atoms with Gasteiger partial charge in [-0.25, -0.2) is 0 Å². The SMILES string of the molecule is COC(=O)CCc1ccc(OCc2cccc3ccccc23)cc1. The van der Waals surface area contributed by atoms with Crippen molar-refractivity contribution >= 4 is 16.7 Å². The summed E-state index contributed by atoms with van der Waals surface area (Å²) in [5.74, 6) is 0.635. The fourth-order valence-corrected chi connectivity index (χ4v) is 2.68. The van der Waals surface area contributed by atoms with Crippen LogP contribution >= 0.6 is 0 Å². The van der Waals surface area contributed by atoms with Crippen LogP contribution in [0.3, 0.4) is 0 Å². The highest BCUT2D eigenvalue weighted by molar-refractivity contribution is 5.85. The van der Waals surface area contributed by atoms with E-state index in [1.807, 2.05) is 36.4 Å². The van der Waals surface area contributed by atoms with Gasteiger partial charge in [0, 0.05) is 6.42 Å². The number of methoxy groups -OCH3 is 1. The number of esters is 1. The van der Waals surface area contributed by atoms with Gasteiger partial charge >= 0.3 is 5.97 Å². The van der Waals surface area contributed by atoms with E-state index in [2.05, 4.69) is 35.1 Å². The predicted octanol–water partition coefficient (Wildman–Crippen LogP) is 4.52. The molecule has 0 radical (unpaired) electrons. The van der Waals surface area contributed by atoms with Crippen molar-refractivity contribution in [2.24, 2.45) is 0 Å². The summed E-state index contributed by atoms with van der Waals surface area (Å²) in [6, 6.07) is 22.4. The normalized spacial score (nSPS) is 10.5. The van der Waals surface area contributed by atoms with Crippen LogP contribution in [0.1, 0.15) is 17.5 Å². The van der Waals surface area contributed by atoms with E-state index >= 15 is 0 Å². The molecule has 0 spiro atoms. The van der Waals surface area contributed by atoms with E-state index in [1.54, 1.807) is 0 Å². The van der Waals surface area contributed by atoms with Gasteiger partial charge in [0.25, 0.3) is 0 Å². The molecule has 0 unspecified atom stereocenters. The summed E-state index contributed by atoms with van der Waals surface area (Å²) in [6.45, 7) is 0.531. The zero-order chi connectivity index (χ0) is 16.8. The summed E-state index contributed by atoms with van der Waals surface area (Å²) in [5, 5.41) is 2.44. The Hall–Kier alpha value is -2.81. The van der Waals surface area contributed by atoms with Crippen molar-refractivity contribution in [1.82, 2.24) is 0 Å². The van der Waals surface area contributed by atoms with Crippen molar-refractivity contribution in [3.8, 4) is 5.75 Å². The molecule has 3 aromatic rings. The fourth-order valence-electron chi connectivity index (χ4n) is 2.68. The Morgan fingerprint density at radius 3 is 2.46 bits per heavy atom. The van der Waals surface area contributed by atoms with Crippen LogP contribution < -0.4 is 4.74 Å². The number of hydrogen-bond donors (Lipinski definition) is 0. The molecule has 0 saturated heterocycles. The first-order valence-corrected chi connectivity index (χ1v) is 8.01. The van der Waals surface area contributed by atoms with Gasteiger partial charge in [-0.1, -0.05) is 54.6 Å². The molecule has 0 aliphatic rings. The molecule has 0 saturated carbocycles. The zero-order valence-electron chi connectivity index (χ0n) is 13.7. The molecule has 3 heteroatoms. The average molecular weight is 320 g/mol. The number of carbonyl (C=O) groups excluding carboxylic acids is 1. The van der Waals surface area contributed by atoms with Crippen molar-refractivity contribution in [2.75, 3.05) is 7.11 Å². The Morgan fingerprint density at radius 1 is 0.917 bits per heavy atom. The topological polar surface area (TPSA) is 35.5 Å². The molecule has 0 atom stereocenters. The lowest BCUT2D eigenvalue weighted by molar-refractivity contribution is -0.140. The summed E-state index contributed by atoms with van der Waals surface area (Å²) in [4.78, 5) is 11.2. The minimum Gasteiger partial charge on any atom is -0.489 e. The van der Waals surface area contributed by atoms with Gasteiger partial charge < -0.3 is 9.47 Å². The molecule has 3 rings (SSSR count). The van der Waals surface area contributed by atoms with Gasteiger partial charge in [0.2, 0.25) is 0 Å². The van der Waals surface area contributed by atoms with Gasteiger partial charge in [-0.3, -0.25) is 4.79 Å². The first kappa shape index (κ1) is 16.1. The van der Waals surface area contributed by atoms with E-state index in [0.717, 1.165) is 11.3 Å². The Bertz CT molecular complexity index is 817. The van der Waals surface area contributed by atoms with Crippen LogP contribution in [0.2, 0.25) is 0 Å². The van der Waals surface area contributed by atoms with E-state index < -0.39 is 0 Å². The number of carbonyl (C=O) groups is 1. The number of ether oxygens (including phenoxy) is 2. The summed E-state index contributed by atoms with van der Waals surface area (Å²) in [6.07, 6.45) is 1.07. The predicted molar refractivity (Wildman–Crippen MR) is 95.1 cm³/mol. The monoisotopic (exact) mass is 320 g/mol. The maximum atomic E-state index is 11.2. The number of hydrogen-bond acceptors (Lipinski definition) is 3. The summed E-state index contributed by atoms with van der Waals surface area (Å²) in [5.41, 5.74) is 2.26. The van der Waals surface area contributed by atoms with Gasteiger partial charge in [0.1, 0.15) is 12.4 Å². The Kier molecular flexibility index (Phi) is 5.12. The first-order valence-electron chi connectivity index (χ1n) is 8.01. The third-order valence-corrected chi connectivity index (χ3v) is 4.04. The second-order valence-corrected chi connectivity index (χ2v) is 5.65. The van der Waals surface area contributed by atoms with Crippen LogP contribution in [-0.2, 0) is 22.6 Å². The summed E-state index contributed by atoms with van der Waals surface area (Å²) >= 11 is 0. The number of rotatable bonds is 6. The van der Waals surface area contributed by atoms with Gasteiger partial charge in [-0.2, -0.15) is 0 Å². The Morgan fingerprint density at radius 2 is 1.67 bits per heavy atom. The van der Waals surface area contributed by atoms with Crippen molar-refractivity contribution < 1.29 is 14.3 Å². The number of aryl methyl sites for hydroxylation is 1.